The number of phenols is 1. The summed E-state index contributed by atoms with van der Waals surface area (Å²) in [5.74, 6) is 1.32. The average molecular weight is 342 g/mol. The van der Waals surface area contributed by atoms with Crippen LogP contribution in [-0.4, -0.2) is 29.8 Å². The van der Waals surface area contributed by atoms with Crippen LogP contribution in [0.5, 0.6) is 11.5 Å². The van der Waals surface area contributed by atoms with Gasteiger partial charge in [0.25, 0.3) is 0 Å². The van der Waals surface area contributed by atoms with E-state index in [9.17, 15) is 5.11 Å². The van der Waals surface area contributed by atoms with E-state index in [-0.39, 0.29) is 5.75 Å². The first-order valence-electron chi connectivity index (χ1n) is 8.83. The maximum absolute atomic E-state index is 10.4. The molecule has 1 aromatic carbocycles. The molecule has 3 rings (SSSR count). The van der Waals surface area contributed by atoms with Crippen molar-refractivity contribution in [1.82, 2.24) is 10.3 Å². The highest BCUT2D eigenvalue weighted by atomic mass is 16.5. The summed E-state index contributed by atoms with van der Waals surface area (Å²) in [5.41, 5.74) is 15.0. The van der Waals surface area contributed by atoms with Gasteiger partial charge in [-0.1, -0.05) is 13.0 Å². The van der Waals surface area contributed by atoms with Gasteiger partial charge in [-0.3, -0.25) is 0 Å². The summed E-state index contributed by atoms with van der Waals surface area (Å²) < 4.78 is 5.79. The number of nitrogens with zero attached hydrogens (tertiary/aromatic N) is 1. The molecule has 1 aliphatic heterocycles. The van der Waals surface area contributed by atoms with Crippen LogP contribution in [0, 0.1) is 0 Å². The topological polar surface area (TPSA) is 106 Å². The van der Waals surface area contributed by atoms with Gasteiger partial charge in [0.15, 0.2) is 0 Å². The van der Waals surface area contributed by atoms with Crippen molar-refractivity contribution in [2.24, 2.45) is 0 Å². The van der Waals surface area contributed by atoms with E-state index < -0.39 is 0 Å². The van der Waals surface area contributed by atoms with Crippen LogP contribution in [0.2, 0.25) is 0 Å². The molecule has 2 aromatic rings. The van der Waals surface area contributed by atoms with Gasteiger partial charge in [-0.25, -0.2) is 4.98 Å². The van der Waals surface area contributed by atoms with Crippen molar-refractivity contribution in [2.75, 3.05) is 31.2 Å². The lowest BCUT2D eigenvalue weighted by molar-refractivity contribution is 0.317. The molecular weight excluding hydrogens is 316 g/mol. The van der Waals surface area contributed by atoms with E-state index >= 15 is 0 Å². The van der Waals surface area contributed by atoms with Crippen LogP contribution >= 0.6 is 0 Å². The summed E-state index contributed by atoms with van der Waals surface area (Å²) >= 11 is 0. The molecule has 1 saturated heterocycles. The summed E-state index contributed by atoms with van der Waals surface area (Å²) in [6.07, 6.45) is 3.04. The van der Waals surface area contributed by atoms with Gasteiger partial charge in [0.05, 0.1) is 23.6 Å². The third-order valence-electron chi connectivity index (χ3n) is 4.58. The van der Waals surface area contributed by atoms with Crippen LogP contribution < -0.4 is 21.5 Å². The van der Waals surface area contributed by atoms with Crippen molar-refractivity contribution in [1.29, 1.82) is 0 Å². The number of aromatic nitrogens is 1. The maximum Gasteiger partial charge on any atom is 0.147 e. The predicted octanol–water partition coefficient (Wildman–Crippen LogP) is 2.87. The number of benzene rings is 1. The maximum atomic E-state index is 10.4. The Morgan fingerprint density at radius 3 is 2.92 bits per heavy atom. The quantitative estimate of drug-likeness (QED) is 0.666. The van der Waals surface area contributed by atoms with Crippen molar-refractivity contribution in [3.8, 4) is 22.8 Å². The number of anilines is 2. The summed E-state index contributed by atoms with van der Waals surface area (Å²) in [5, 5.41) is 13.8. The Morgan fingerprint density at radius 2 is 2.20 bits per heavy atom. The number of hydrogen-bond donors (Lipinski definition) is 4. The number of aromatic hydroxyl groups is 1. The molecule has 1 unspecified atom stereocenters. The minimum atomic E-state index is 0.123. The number of rotatable bonds is 5. The Morgan fingerprint density at radius 1 is 1.36 bits per heavy atom. The molecule has 1 atom stereocenters. The third kappa shape index (κ3) is 3.64. The lowest BCUT2D eigenvalue weighted by Gasteiger charge is -2.25. The third-order valence-corrected chi connectivity index (χ3v) is 4.58. The number of nitrogens with one attached hydrogen (secondary N) is 1. The van der Waals surface area contributed by atoms with Crippen LogP contribution in [0.4, 0.5) is 11.5 Å². The minimum Gasteiger partial charge on any atom is -0.507 e. The Labute approximate surface area is 148 Å². The van der Waals surface area contributed by atoms with Gasteiger partial charge in [0.1, 0.15) is 17.3 Å². The van der Waals surface area contributed by atoms with Gasteiger partial charge in [-0.15, -0.1) is 0 Å². The van der Waals surface area contributed by atoms with Crippen LogP contribution in [0.15, 0.2) is 24.3 Å². The molecule has 1 fully saturated rings. The molecule has 6 heteroatoms. The van der Waals surface area contributed by atoms with Crippen molar-refractivity contribution in [3.63, 3.8) is 0 Å². The molecule has 1 aromatic heterocycles. The molecule has 0 amide bonds. The number of nitrogen functional groups attached to an aromatic ring is 2. The molecule has 1 aliphatic rings. The normalized spacial score (nSPS) is 17.4. The number of piperidine rings is 1. The second-order valence-corrected chi connectivity index (χ2v) is 6.44. The summed E-state index contributed by atoms with van der Waals surface area (Å²) in [6.45, 7) is 4.50. The Bertz CT molecular complexity index is 742. The van der Waals surface area contributed by atoms with E-state index in [1.807, 2.05) is 19.1 Å². The van der Waals surface area contributed by atoms with E-state index in [1.54, 1.807) is 12.1 Å². The fraction of sp³-hybridized carbons (Fsp3) is 0.421. The smallest absolute Gasteiger partial charge is 0.147 e. The molecule has 25 heavy (non-hydrogen) atoms. The first-order valence-corrected chi connectivity index (χ1v) is 8.83. The standard InChI is InChI=1S/C19H26N4O2/c1-2-9-25-16-7-3-6-15(24)17(16)14-10-13(18(20)19(21)23-14)12-5-4-8-22-11-12/h3,6-7,10,12,22,24H,2,4-5,8-9,11,20H2,1H3,(H2,21,23). The number of hydrogen-bond acceptors (Lipinski definition) is 6. The number of nitrogens with two attached hydrogens (primary N) is 2. The van der Waals surface area contributed by atoms with E-state index in [4.69, 9.17) is 16.2 Å². The first kappa shape index (κ1) is 17.4. The molecule has 2 heterocycles. The highest BCUT2D eigenvalue weighted by Crippen LogP contribution is 2.40. The zero-order valence-electron chi connectivity index (χ0n) is 14.6. The molecule has 0 radical (unpaired) electrons. The highest BCUT2D eigenvalue weighted by molar-refractivity contribution is 5.78. The van der Waals surface area contributed by atoms with Crippen molar-refractivity contribution >= 4 is 11.5 Å². The van der Waals surface area contributed by atoms with E-state index in [0.717, 1.165) is 37.9 Å². The molecule has 0 bridgehead atoms. The van der Waals surface area contributed by atoms with Gasteiger partial charge in [0.2, 0.25) is 0 Å². The Balaban J connectivity index is 2.07. The molecule has 0 saturated carbocycles. The molecule has 6 N–H and O–H groups in total. The zero-order chi connectivity index (χ0) is 17.8. The van der Waals surface area contributed by atoms with Crippen molar-refractivity contribution < 1.29 is 9.84 Å². The summed E-state index contributed by atoms with van der Waals surface area (Å²) in [7, 11) is 0. The first-order chi connectivity index (χ1) is 12.1. The monoisotopic (exact) mass is 342 g/mol. The van der Waals surface area contributed by atoms with E-state index in [0.29, 0.717) is 41.0 Å². The molecule has 0 aliphatic carbocycles. The zero-order valence-corrected chi connectivity index (χ0v) is 14.6. The van der Waals surface area contributed by atoms with Crippen molar-refractivity contribution in [2.45, 2.75) is 32.1 Å². The Hall–Kier alpha value is -2.47. The van der Waals surface area contributed by atoms with E-state index in [1.165, 1.54) is 0 Å². The second kappa shape index (κ2) is 7.61. The van der Waals surface area contributed by atoms with E-state index in [2.05, 4.69) is 10.3 Å². The molecule has 0 spiro atoms. The summed E-state index contributed by atoms with van der Waals surface area (Å²) in [4.78, 5) is 4.42. The van der Waals surface area contributed by atoms with Crippen LogP contribution in [-0.2, 0) is 0 Å². The largest absolute Gasteiger partial charge is 0.507 e. The number of ether oxygens (including phenoxy) is 1. The SMILES string of the molecule is CCCOc1cccc(O)c1-c1cc(C2CCCNC2)c(N)c(N)n1. The predicted molar refractivity (Wildman–Crippen MR) is 101 cm³/mol. The lowest BCUT2D eigenvalue weighted by Crippen LogP contribution is -2.29. The number of pyridine rings is 1. The second-order valence-electron chi connectivity index (χ2n) is 6.44. The van der Waals surface area contributed by atoms with Gasteiger partial charge in [0, 0.05) is 6.54 Å². The van der Waals surface area contributed by atoms with Gasteiger partial charge >= 0.3 is 0 Å². The number of phenolic OH excluding ortho intramolecular Hbond substituents is 1. The summed E-state index contributed by atoms with van der Waals surface area (Å²) in [6, 6.07) is 7.17. The fourth-order valence-corrected chi connectivity index (χ4v) is 3.29. The average Bonchev–Trinajstić information content (AvgIpc) is 2.63. The molecule has 6 nitrogen and oxygen atoms in total. The van der Waals surface area contributed by atoms with Gasteiger partial charge in [-0.05, 0) is 55.5 Å². The fourth-order valence-electron chi connectivity index (χ4n) is 3.29. The van der Waals surface area contributed by atoms with Crippen LogP contribution in [0.25, 0.3) is 11.3 Å². The highest BCUT2D eigenvalue weighted by Gasteiger charge is 2.22. The minimum absolute atomic E-state index is 0.123. The van der Waals surface area contributed by atoms with Crippen LogP contribution in [0.1, 0.15) is 37.7 Å². The lowest BCUT2D eigenvalue weighted by atomic mass is 9.89. The molecule has 134 valence electrons. The van der Waals surface area contributed by atoms with Gasteiger partial charge < -0.3 is 26.6 Å². The van der Waals surface area contributed by atoms with Crippen LogP contribution in [0.3, 0.4) is 0 Å². The molecular formula is C19H26N4O2. The Kier molecular flexibility index (Phi) is 5.28. The van der Waals surface area contributed by atoms with Gasteiger partial charge in [-0.2, -0.15) is 0 Å². The van der Waals surface area contributed by atoms with Crippen molar-refractivity contribution in [3.05, 3.63) is 29.8 Å².